The zero-order valence-corrected chi connectivity index (χ0v) is 19.9. The topological polar surface area (TPSA) is 84.4 Å². The Morgan fingerprint density at radius 1 is 1.08 bits per heavy atom. The summed E-state index contributed by atoms with van der Waals surface area (Å²) in [5.74, 6) is 0.0424. The van der Waals surface area contributed by atoms with Crippen molar-refractivity contribution in [3.05, 3.63) is 77.6 Å². The summed E-state index contributed by atoms with van der Waals surface area (Å²) in [6.45, 7) is 1.91. The van der Waals surface area contributed by atoms with E-state index in [0.29, 0.717) is 54.4 Å². The van der Waals surface area contributed by atoms with Crippen molar-refractivity contribution in [2.45, 2.75) is 23.2 Å². The van der Waals surface area contributed by atoms with Crippen LogP contribution in [0, 0.1) is 0 Å². The van der Waals surface area contributed by atoms with Crippen molar-refractivity contribution >= 4 is 26.8 Å². The maximum atomic E-state index is 13.5. The first-order chi connectivity index (χ1) is 17.2. The minimum atomic E-state index is -4.46. The molecular weight excluding hydrogens is 493 g/mol. The van der Waals surface area contributed by atoms with Crippen LogP contribution in [0.4, 0.5) is 24.5 Å². The molecule has 11 heteroatoms. The minimum Gasteiger partial charge on any atom is -0.489 e. The lowest BCUT2D eigenvalue weighted by atomic mass is 9.95. The standard InChI is InChI=1S/C25H23F3N4O3S/c26-25(27,28)18-3-5-22(21(14-18)17-7-10-29-11-8-17)32-12-13-35-24-15-20(4-6-23(24)32)36(33,34)16-19-2-1-9-30-31-19/h1-7,9,14-15,29H,8,10-13,16H2. The molecule has 0 amide bonds. The summed E-state index contributed by atoms with van der Waals surface area (Å²) in [4.78, 5) is 1.96. The first-order valence-corrected chi connectivity index (χ1v) is 13.0. The van der Waals surface area contributed by atoms with Gasteiger partial charge in [-0.15, -0.1) is 0 Å². The first-order valence-electron chi connectivity index (χ1n) is 11.4. The molecule has 0 saturated heterocycles. The Balaban J connectivity index is 1.53. The molecule has 188 valence electrons. The highest BCUT2D eigenvalue weighted by atomic mass is 32.2. The third-order valence-electron chi connectivity index (χ3n) is 6.14. The number of hydrogen-bond donors (Lipinski definition) is 1. The second-order valence-corrected chi connectivity index (χ2v) is 10.5. The van der Waals surface area contributed by atoms with Gasteiger partial charge < -0.3 is 15.0 Å². The van der Waals surface area contributed by atoms with E-state index in [1.54, 1.807) is 18.2 Å². The molecule has 0 radical (unpaired) electrons. The molecule has 5 rings (SSSR count). The van der Waals surface area contributed by atoms with E-state index in [1.807, 2.05) is 11.0 Å². The molecule has 7 nitrogen and oxygen atoms in total. The highest BCUT2D eigenvalue weighted by molar-refractivity contribution is 7.90. The Hall–Kier alpha value is -3.44. The molecule has 1 aromatic heterocycles. The summed E-state index contributed by atoms with van der Waals surface area (Å²) in [5, 5.41) is 10.8. The highest BCUT2D eigenvalue weighted by Gasteiger charge is 2.33. The highest BCUT2D eigenvalue weighted by Crippen LogP contribution is 2.43. The normalized spacial score (nSPS) is 16.2. The first kappa shape index (κ1) is 24.3. The Labute approximate surface area is 206 Å². The third kappa shape index (κ3) is 4.93. The molecule has 0 spiro atoms. The van der Waals surface area contributed by atoms with Gasteiger partial charge in [-0.3, -0.25) is 0 Å². The number of benzene rings is 2. The SMILES string of the molecule is O=S(=O)(Cc1cccnn1)c1ccc2c(c1)OCCN2c1ccc(C(F)(F)F)cc1C1=CCNCC1. The molecule has 2 aliphatic rings. The predicted octanol–water partition coefficient (Wildman–Crippen LogP) is 4.38. The molecule has 3 aromatic rings. The minimum absolute atomic E-state index is 0.0717. The fourth-order valence-electron chi connectivity index (χ4n) is 4.40. The molecule has 36 heavy (non-hydrogen) atoms. The zero-order chi connectivity index (χ0) is 25.3. The van der Waals surface area contributed by atoms with E-state index in [0.717, 1.165) is 11.6 Å². The van der Waals surface area contributed by atoms with Crippen LogP contribution in [0.5, 0.6) is 5.75 Å². The average molecular weight is 517 g/mol. The summed E-state index contributed by atoms with van der Waals surface area (Å²) in [7, 11) is -3.72. The Kier molecular flexibility index (Phi) is 6.44. The Morgan fingerprint density at radius 2 is 1.92 bits per heavy atom. The van der Waals surface area contributed by atoms with E-state index in [1.165, 1.54) is 30.5 Å². The van der Waals surface area contributed by atoms with E-state index in [2.05, 4.69) is 15.5 Å². The molecule has 0 bridgehead atoms. The summed E-state index contributed by atoms with van der Waals surface area (Å²) in [6.07, 6.45) is -0.486. The molecule has 0 atom stereocenters. The van der Waals surface area contributed by atoms with Crippen molar-refractivity contribution in [3.63, 3.8) is 0 Å². The van der Waals surface area contributed by atoms with Crippen LogP contribution in [0.2, 0.25) is 0 Å². The summed E-state index contributed by atoms with van der Waals surface area (Å²) < 4.78 is 72.3. The molecule has 3 heterocycles. The number of alkyl halides is 3. The van der Waals surface area contributed by atoms with E-state index in [4.69, 9.17) is 4.74 Å². The molecular formula is C25H23F3N4O3S. The van der Waals surface area contributed by atoms with E-state index in [-0.39, 0.29) is 17.3 Å². The van der Waals surface area contributed by atoms with Crippen molar-refractivity contribution < 1.29 is 26.3 Å². The number of nitrogens with zero attached hydrogens (tertiary/aromatic N) is 3. The van der Waals surface area contributed by atoms with Crippen molar-refractivity contribution in [2.24, 2.45) is 0 Å². The third-order valence-corrected chi connectivity index (χ3v) is 7.79. The van der Waals surface area contributed by atoms with Gasteiger partial charge in [-0.2, -0.15) is 23.4 Å². The number of fused-ring (bicyclic) bond motifs is 1. The van der Waals surface area contributed by atoms with Crippen molar-refractivity contribution in [2.75, 3.05) is 31.1 Å². The van der Waals surface area contributed by atoms with E-state index >= 15 is 0 Å². The molecule has 0 aliphatic carbocycles. The summed E-state index contributed by atoms with van der Waals surface area (Å²) >= 11 is 0. The molecule has 0 saturated carbocycles. The lowest BCUT2D eigenvalue weighted by molar-refractivity contribution is -0.137. The van der Waals surface area contributed by atoms with Crippen LogP contribution in [-0.2, 0) is 21.8 Å². The van der Waals surface area contributed by atoms with Gasteiger partial charge in [0, 0.05) is 30.1 Å². The molecule has 2 aromatic carbocycles. The summed E-state index contributed by atoms with van der Waals surface area (Å²) in [5.41, 5.74) is 2.18. The number of sulfone groups is 1. The second-order valence-electron chi connectivity index (χ2n) is 8.52. The maximum Gasteiger partial charge on any atom is 0.416 e. The molecule has 0 fully saturated rings. The number of hydrogen-bond acceptors (Lipinski definition) is 7. The monoisotopic (exact) mass is 516 g/mol. The predicted molar refractivity (Wildman–Crippen MR) is 129 cm³/mol. The van der Waals surface area contributed by atoms with E-state index < -0.39 is 21.6 Å². The average Bonchev–Trinajstić information content (AvgIpc) is 2.88. The van der Waals surface area contributed by atoms with Gasteiger partial charge >= 0.3 is 6.18 Å². The van der Waals surface area contributed by atoms with Crippen molar-refractivity contribution in [1.29, 1.82) is 0 Å². The molecule has 2 aliphatic heterocycles. The van der Waals surface area contributed by atoms with Crippen LogP contribution in [0.1, 0.15) is 23.2 Å². The molecule has 0 unspecified atom stereocenters. The number of anilines is 2. The van der Waals surface area contributed by atoms with Crippen LogP contribution < -0.4 is 15.0 Å². The largest absolute Gasteiger partial charge is 0.489 e. The lowest BCUT2D eigenvalue weighted by Gasteiger charge is -2.34. The Bertz CT molecular complexity index is 1410. The van der Waals surface area contributed by atoms with Gasteiger partial charge in [-0.05, 0) is 61.0 Å². The zero-order valence-electron chi connectivity index (χ0n) is 19.1. The van der Waals surface area contributed by atoms with Gasteiger partial charge in [0.25, 0.3) is 0 Å². The number of halogens is 3. The Morgan fingerprint density at radius 3 is 2.64 bits per heavy atom. The van der Waals surface area contributed by atoms with Gasteiger partial charge in [0.1, 0.15) is 12.4 Å². The summed E-state index contributed by atoms with van der Waals surface area (Å²) in [6, 6.07) is 11.5. The van der Waals surface area contributed by atoms with Crippen molar-refractivity contribution in [1.82, 2.24) is 15.5 Å². The quantitative estimate of drug-likeness (QED) is 0.539. The number of ether oxygens (including phenoxy) is 1. The smallest absolute Gasteiger partial charge is 0.416 e. The number of rotatable bonds is 5. The maximum absolute atomic E-state index is 13.5. The van der Waals surface area contributed by atoms with Gasteiger partial charge in [0.15, 0.2) is 9.84 Å². The van der Waals surface area contributed by atoms with Gasteiger partial charge in [0.05, 0.1) is 34.1 Å². The molecule has 1 N–H and O–H groups in total. The lowest BCUT2D eigenvalue weighted by Crippen LogP contribution is -2.30. The van der Waals surface area contributed by atoms with Gasteiger partial charge in [0.2, 0.25) is 0 Å². The van der Waals surface area contributed by atoms with E-state index in [9.17, 15) is 21.6 Å². The van der Waals surface area contributed by atoms with Gasteiger partial charge in [-0.1, -0.05) is 6.08 Å². The van der Waals surface area contributed by atoms with Crippen molar-refractivity contribution in [3.8, 4) is 5.75 Å². The number of nitrogens with one attached hydrogen (secondary N) is 1. The second kappa shape index (κ2) is 9.55. The fraction of sp³-hybridized carbons (Fsp3) is 0.280. The fourth-order valence-corrected chi connectivity index (χ4v) is 5.68. The van der Waals surface area contributed by atoms with Crippen LogP contribution in [-0.4, -0.2) is 44.9 Å². The number of aromatic nitrogens is 2. The van der Waals surface area contributed by atoms with Gasteiger partial charge in [-0.25, -0.2) is 8.42 Å². The van der Waals surface area contributed by atoms with Crippen LogP contribution in [0.25, 0.3) is 5.57 Å². The van der Waals surface area contributed by atoms with Crippen LogP contribution >= 0.6 is 0 Å². The van der Waals surface area contributed by atoms with Crippen LogP contribution in [0.3, 0.4) is 0 Å². The van der Waals surface area contributed by atoms with Crippen LogP contribution in [0.15, 0.2) is 65.7 Å².